The highest BCUT2D eigenvalue weighted by Crippen LogP contribution is 2.21. The Balaban J connectivity index is 1.99. The first kappa shape index (κ1) is 13.9. The molecule has 3 rings (SSSR count). The van der Waals surface area contributed by atoms with Gasteiger partial charge >= 0.3 is 0 Å². The van der Waals surface area contributed by atoms with Gasteiger partial charge in [0.2, 0.25) is 0 Å². The van der Waals surface area contributed by atoms with E-state index in [2.05, 4.69) is 35.9 Å². The lowest BCUT2D eigenvalue weighted by atomic mass is 10.1. The number of aromatic nitrogens is 2. The van der Waals surface area contributed by atoms with Crippen LogP contribution in [0.5, 0.6) is 0 Å². The largest absolute Gasteiger partial charge is 0.287 e. The molecule has 3 aromatic rings. The molecule has 1 aromatic heterocycles. The Labute approximate surface area is 129 Å². The molecule has 21 heavy (non-hydrogen) atoms. The normalized spacial score (nSPS) is 10.9. The quantitative estimate of drug-likeness (QED) is 0.732. The number of thiol groups is 1. The first-order valence-electron chi connectivity index (χ1n) is 6.94. The van der Waals surface area contributed by atoms with Crippen LogP contribution in [-0.4, -0.2) is 14.9 Å². The van der Waals surface area contributed by atoms with Gasteiger partial charge in [-0.3, -0.25) is 9.48 Å². The fourth-order valence-electron chi connectivity index (χ4n) is 2.51. The monoisotopic (exact) mass is 296 g/mol. The summed E-state index contributed by atoms with van der Waals surface area (Å²) in [4.78, 5) is 11.2. The predicted octanol–water partition coefficient (Wildman–Crippen LogP) is 3.47. The van der Waals surface area contributed by atoms with Crippen molar-refractivity contribution in [2.45, 2.75) is 19.4 Å². The lowest BCUT2D eigenvalue weighted by Crippen LogP contribution is -2.07. The minimum absolute atomic E-state index is 0.0912. The first-order valence-corrected chi connectivity index (χ1v) is 7.39. The van der Waals surface area contributed by atoms with E-state index in [-0.39, 0.29) is 5.12 Å². The van der Waals surface area contributed by atoms with Crippen LogP contribution in [0.25, 0.3) is 10.9 Å². The average Bonchev–Trinajstić information content (AvgIpc) is 2.83. The van der Waals surface area contributed by atoms with Crippen LogP contribution < -0.4 is 0 Å². The third-order valence-corrected chi connectivity index (χ3v) is 3.73. The maximum absolute atomic E-state index is 11.2. The lowest BCUT2D eigenvalue weighted by molar-refractivity contribution is -0.110. The molecule has 0 aliphatic heterocycles. The third-order valence-electron chi connectivity index (χ3n) is 3.51. The van der Waals surface area contributed by atoms with Crippen molar-refractivity contribution >= 4 is 28.6 Å². The van der Waals surface area contributed by atoms with Crippen LogP contribution in [0.3, 0.4) is 0 Å². The van der Waals surface area contributed by atoms with Gasteiger partial charge in [0, 0.05) is 17.5 Å². The number of benzene rings is 2. The van der Waals surface area contributed by atoms with Crippen LogP contribution in [0.15, 0.2) is 54.6 Å². The van der Waals surface area contributed by atoms with E-state index in [0.717, 1.165) is 16.6 Å². The number of nitrogens with zero attached hydrogens (tertiary/aromatic N) is 2. The molecule has 0 bridgehead atoms. The maximum Gasteiger partial charge on any atom is 0.186 e. The molecule has 0 amide bonds. The predicted molar refractivity (Wildman–Crippen MR) is 87.6 cm³/mol. The van der Waals surface area contributed by atoms with Gasteiger partial charge in [-0.05, 0) is 18.1 Å². The van der Waals surface area contributed by atoms with Crippen molar-refractivity contribution in [2.75, 3.05) is 0 Å². The van der Waals surface area contributed by atoms with Gasteiger partial charge in [0.15, 0.2) is 5.12 Å². The fourth-order valence-corrected chi connectivity index (χ4v) is 2.62. The van der Waals surface area contributed by atoms with E-state index in [9.17, 15) is 4.79 Å². The van der Waals surface area contributed by atoms with Crippen LogP contribution in [-0.2, 0) is 17.8 Å². The van der Waals surface area contributed by atoms with E-state index in [0.29, 0.717) is 19.4 Å². The van der Waals surface area contributed by atoms with Gasteiger partial charge in [0.1, 0.15) is 0 Å². The number of carbonyl (C=O) groups excluding carboxylic acids is 1. The molecule has 0 saturated carbocycles. The Kier molecular flexibility index (Phi) is 4.06. The van der Waals surface area contributed by atoms with E-state index in [1.165, 1.54) is 5.56 Å². The Morgan fingerprint density at radius 1 is 1.05 bits per heavy atom. The second-order valence-electron chi connectivity index (χ2n) is 5.00. The summed E-state index contributed by atoms with van der Waals surface area (Å²) in [7, 11) is 0. The van der Waals surface area contributed by atoms with Gasteiger partial charge in [0.05, 0.1) is 12.1 Å². The van der Waals surface area contributed by atoms with Gasteiger partial charge < -0.3 is 0 Å². The molecule has 0 radical (unpaired) electrons. The number of rotatable bonds is 5. The van der Waals surface area contributed by atoms with E-state index in [1.54, 1.807) is 0 Å². The van der Waals surface area contributed by atoms with Crippen molar-refractivity contribution in [3.05, 3.63) is 65.9 Å². The molecule has 2 aromatic carbocycles. The molecule has 4 heteroatoms. The summed E-state index contributed by atoms with van der Waals surface area (Å²) < 4.78 is 2.00. The van der Waals surface area contributed by atoms with Gasteiger partial charge in [0.25, 0.3) is 0 Å². The van der Waals surface area contributed by atoms with Crippen LogP contribution in [0, 0.1) is 0 Å². The standard InChI is InChI=1S/C17H16N2OS/c20-17(21)11-10-16-14-8-4-5-9-15(14)18-19(16)12-13-6-2-1-3-7-13/h1-9H,10-12H2,(H,20,21). The van der Waals surface area contributed by atoms with E-state index < -0.39 is 0 Å². The molecular weight excluding hydrogens is 280 g/mol. The van der Waals surface area contributed by atoms with Crippen LogP contribution in [0.2, 0.25) is 0 Å². The minimum atomic E-state index is -0.0912. The highest BCUT2D eigenvalue weighted by molar-refractivity contribution is 7.96. The molecule has 0 atom stereocenters. The molecule has 3 nitrogen and oxygen atoms in total. The molecule has 0 aliphatic rings. The number of fused-ring (bicyclic) bond motifs is 1. The van der Waals surface area contributed by atoms with Crippen molar-refractivity contribution in [2.24, 2.45) is 0 Å². The molecule has 0 saturated heterocycles. The van der Waals surface area contributed by atoms with Crippen LogP contribution in [0.1, 0.15) is 17.7 Å². The number of hydrogen-bond donors (Lipinski definition) is 1. The summed E-state index contributed by atoms with van der Waals surface area (Å²) in [6.45, 7) is 0.714. The Hall–Kier alpha value is -2.07. The second-order valence-corrected chi connectivity index (χ2v) is 5.50. The Morgan fingerprint density at radius 2 is 1.76 bits per heavy atom. The topological polar surface area (TPSA) is 34.9 Å². The summed E-state index contributed by atoms with van der Waals surface area (Å²) in [5.74, 6) is 0. The number of aryl methyl sites for hydroxylation is 1. The summed E-state index contributed by atoms with van der Waals surface area (Å²) in [5, 5.41) is 5.69. The van der Waals surface area contributed by atoms with Crippen molar-refractivity contribution in [3.8, 4) is 0 Å². The number of carbonyl (C=O) groups is 1. The molecule has 0 unspecified atom stereocenters. The van der Waals surface area contributed by atoms with Crippen LogP contribution >= 0.6 is 12.6 Å². The molecule has 106 valence electrons. The molecule has 0 spiro atoms. The molecular formula is C17H16N2OS. The molecule has 0 aliphatic carbocycles. The first-order chi connectivity index (χ1) is 10.2. The fraction of sp³-hybridized carbons (Fsp3) is 0.176. The van der Waals surface area contributed by atoms with Crippen molar-refractivity contribution in [1.82, 2.24) is 9.78 Å². The summed E-state index contributed by atoms with van der Waals surface area (Å²) in [6, 6.07) is 18.3. The number of hydrogen-bond acceptors (Lipinski definition) is 2. The van der Waals surface area contributed by atoms with Gasteiger partial charge in [-0.15, -0.1) is 12.6 Å². The van der Waals surface area contributed by atoms with Gasteiger partial charge in [-0.2, -0.15) is 5.10 Å². The maximum atomic E-state index is 11.2. The van der Waals surface area contributed by atoms with Crippen molar-refractivity contribution < 1.29 is 4.79 Å². The molecule has 0 N–H and O–H groups in total. The Bertz CT molecular complexity index is 765. The highest BCUT2D eigenvalue weighted by Gasteiger charge is 2.12. The molecule has 1 heterocycles. The smallest absolute Gasteiger partial charge is 0.186 e. The summed E-state index contributed by atoms with van der Waals surface area (Å²) >= 11 is 3.87. The van der Waals surface area contributed by atoms with E-state index >= 15 is 0 Å². The second kappa shape index (κ2) is 6.14. The zero-order chi connectivity index (χ0) is 14.7. The average molecular weight is 296 g/mol. The third kappa shape index (κ3) is 3.16. The minimum Gasteiger partial charge on any atom is -0.287 e. The zero-order valence-electron chi connectivity index (χ0n) is 11.6. The highest BCUT2D eigenvalue weighted by atomic mass is 32.1. The van der Waals surface area contributed by atoms with E-state index in [1.807, 2.05) is 41.1 Å². The van der Waals surface area contributed by atoms with Crippen molar-refractivity contribution in [3.63, 3.8) is 0 Å². The van der Waals surface area contributed by atoms with Gasteiger partial charge in [-0.25, -0.2) is 0 Å². The van der Waals surface area contributed by atoms with Gasteiger partial charge in [-0.1, -0.05) is 48.5 Å². The van der Waals surface area contributed by atoms with Crippen molar-refractivity contribution in [1.29, 1.82) is 0 Å². The SMILES string of the molecule is O=C(S)CCc1c2ccccc2nn1Cc1ccccc1. The summed E-state index contributed by atoms with van der Waals surface area (Å²) in [6.07, 6.45) is 1.09. The lowest BCUT2D eigenvalue weighted by Gasteiger charge is -2.07. The summed E-state index contributed by atoms with van der Waals surface area (Å²) in [5.41, 5.74) is 3.26. The zero-order valence-corrected chi connectivity index (χ0v) is 12.5. The molecule has 0 fully saturated rings. The van der Waals surface area contributed by atoms with E-state index in [4.69, 9.17) is 0 Å². The Morgan fingerprint density at radius 3 is 2.52 bits per heavy atom. The van der Waals surface area contributed by atoms with Crippen LogP contribution in [0.4, 0.5) is 0 Å².